The van der Waals surface area contributed by atoms with E-state index in [1.54, 1.807) is 0 Å². The molecule has 0 spiro atoms. The fourth-order valence-electron chi connectivity index (χ4n) is 0.748. The summed E-state index contributed by atoms with van der Waals surface area (Å²) in [6, 6.07) is 2.86. The number of aromatic nitrogens is 1. The lowest BCUT2D eigenvalue weighted by atomic mass is 10.5. The van der Waals surface area contributed by atoms with Crippen LogP contribution in [0.2, 0.25) is 0 Å². The Labute approximate surface area is 67.0 Å². The van der Waals surface area contributed by atoms with Crippen LogP contribution in [0, 0.1) is 0 Å². The molecule has 6 heteroatoms. The first kappa shape index (κ1) is 8.12. The summed E-state index contributed by atoms with van der Waals surface area (Å²) in [5.41, 5.74) is 0. The number of hydrogen-bond acceptors (Lipinski definition) is 2. The van der Waals surface area contributed by atoms with Gasteiger partial charge in [0.25, 0.3) is 0 Å². The van der Waals surface area contributed by atoms with Crippen molar-refractivity contribution in [3.05, 3.63) is 18.3 Å². The Morgan fingerprint density at radius 1 is 1.33 bits per heavy atom. The van der Waals surface area contributed by atoms with Crippen molar-refractivity contribution in [2.45, 2.75) is 0 Å². The lowest BCUT2D eigenvalue weighted by Gasteiger charge is -2.09. The number of rotatable bonds is 1. The zero-order chi connectivity index (χ0) is 9.14. The number of hydrogen-bond donors (Lipinski definition) is 3. The van der Waals surface area contributed by atoms with Gasteiger partial charge in [0, 0.05) is 6.20 Å². The first-order valence-electron chi connectivity index (χ1n) is 3.02. The van der Waals surface area contributed by atoms with E-state index in [9.17, 15) is 9.59 Å². The van der Waals surface area contributed by atoms with Crippen molar-refractivity contribution in [2.24, 2.45) is 0 Å². The van der Waals surface area contributed by atoms with Gasteiger partial charge < -0.3 is 15.2 Å². The molecule has 0 saturated carbocycles. The Hall–Kier alpha value is -1.98. The highest BCUT2D eigenvalue weighted by Gasteiger charge is 2.22. The van der Waals surface area contributed by atoms with Crippen LogP contribution in [0.1, 0.15) is 0 Å². The van der Waals surface area contributed by atoms with Crippen molar-refractivity contribution in [3.63, 3.8) is 0 Å². The van der Waals surface area contributed by atoms with E-state index >= 15 is 0 Å². The van der Waals surface area contributed by atoms with Crippen molar-refractivity contribution >= 4 is 18.0 Å². The van der Waals surface area contributed by atoms with Gasteiger partial charge in [-0.25, -0.2) is 9.59 Å². The van der Waals surface area contributed by atoms with Crippen molar-refractivity contribution in [1.82, 2.24) is 4.98 Å². The third-order valence-corrected chi connectivity index (χ3v) is 1.21. The Morgan fingerprint density at radius 3 is 2.25 bits per heavy atom. The molecule has 1 aromatic rings. The number of aromatic amines is 1. The number of anilines is 1. The first-order chi connectivity index (χ1) is 5.63. The fraction of sp³-hybridized carbons (Fsp3) is 0. The smallest absolute Gasteiger partial charge is 0.422 e. The Kier molecular flexibility index (Phi) is 2.00. The van der Waals surface area contributed by atoms with Crippen LogP contribution in [0.3, 0.4) is 0 Å². The largest absolute Gasteiger partial charge is 0.464 e. The van der Waals surface area contributed by atoms with Gasteiger partial charge >= 0.3 is 12.2 Å². The topological polar surface area (TPSA) is 93.6 Å². The van der Waals surface area contributed by atoms with Gasteiger partial charge in [-0.05, 0) is 12.1 Å². The minimum Gasteiger partial charge on any atom is -0.464 e. The highest BCUT2D eigenvalue weighted by atomic mass is 16.4. The summed E-state index contributed by atoms with van der Waals surface area (Å²) in [6.45, 7) is 0. The maximum Gasteiger partial charge on any atom is 0.422 e. The second-order valence-electron chi connectivity index (χ2n) is 1.96. The average molecular weight is 170 g/mol. The average Bonchev–Trinajstić information content (AvgIpc) is 2.37. The lowest BCUT2D eigenvalue weighted by Crippen LogP contribution is -2.34. The summed E-state index contributed by atoms with van der Waals surface area (Å²) in [4.78, 5) is 23.4. The molecule has 0 aromatic carbocycles. The van der Waals surface area contributed by atoms with Gasteiger partial charge in [0.2, 0.25) is 0 Å². The Morgan fingerprint density at radius 2 is 1.92 bits per heavy atom. The maximum absolute atomic E-state index is 10.4. The van der Waals surface area contributed by atoms with Crippen LogP contribution in [0.15, 0.2) is 18.3 Å². The van der Waals surface area contributed by atoms with Gasteiger partial charge in [-0.15, -0.1) is 0 Å². The van der Waals surface area contributed by atoms with Crippen LogP contribution in [0.25, 0.3) is 0 Å². The van der Waals surface area contributed by atoms with Crippen molar-refractivity contribution in [1.29, 1.82) is 0 Å². The van der Waals surface area contributed by atoms with Crippen LogP contribution in [0.4, 0.5) is 15.4 Å². The molecule has 0 radical (unpaired) electrons. The highest BCUT2D eigenvalue weighted by Crippen LogP contribution is 2.09. The molecular weight excluding hydrogens is 164 g/mol. The molecule has 0 bridgehead atoms. The van der Waals surface area contributed by atoms with Crippen LogP contribution in [-0.4, -0.2) is 27.4 Å². The quantitative estimate of drug-likeness (QED) is 0.589. The lowest BCUT2D eigenvalue weighted by molar-refractivity contribution is 0.184. The maximum atomic E-state index is 10.4. The minimum atomic E-state index is -1.54. The second kappa shape index (κ2) is 2.95. The third kappa shape index (κ3) is 1.36. The summed E-state index contributed by atoms with van der Waals surface area (Å²) >= 11 is 0. The number of nitrogens with zero attached hydrogens (tertiary/aromatic N) is 1. The summed E-state index contributed by atoms with van der Waals surface area (Å²) in [7, 11) is 0. The highest BCUT2D eigenvalue weighted by molar-refractivity contribution is 6.06. The van der Waals surface area contributed by atoms with E-state index < -0.39 is 12.2 Å². The SMILES string of the molecule is O=C(O)N(C(=O)O)c1ccc[nH]1. The molecule has 0 aliphatic heterocycles. The molecule has 6 nitrogen and oxygen atoms in total. The summed E-state index contributed by atoms with van der Waals surface area (Å²) in [5, 5.41) is 16.9. The summed E-state index contributed by atoms with van der Waals surface area (Å²) in [5.74, 6) is 0.00926. The molecule has 0 aliphatic rings. The van der Waals surface area contributed by atoms with Gasteiger partial charge in [0.05, 0.1) is 0 Å². The molecule has 2 amide bonds. The van der Waals surface area contributed by atoms with E-state index in [2.05, 4.69) is 4.98 Å². The normalized spacial score (nSPS) is 9.33. The van der Waals surface area contributed by atoms with Crippen molar-refractivity contribution in [2.75, 3.05) is 4.90 Å². The molecule has 3 N–H and O–H groups in total. The molecule has 1 rings (SSSR count). The van der Waals surface area contributed by atoms with E-state index in [-0.39, 0.29) is 10.7 Å². The van der Waals surface area contributed by atoms with Crippen molar-refractivity contribution in [3.8, 4) is 0 Å². The minimum absolute atomic E-state index is 0.00926. The van der Waals surface area contributed by atoms with Gasteiger partial charge in [-0.1, -0.05) is 0 Å². The molecule has 1 aromatic heterocycles. The number of nitrogens with one attached hydrogen (secondary N) is 1. The van der Waals surface area contributed by atoms with Crippen LogP contribution >= 0.6 is 0 Å². The van der Waals surface area contributed by atoms with Crippen molar-refractivity contribution < 1.29 is 19.8 Å². The summed E-state index contributed by atoms with van der Waals surface area (Å²) < 4.78 is 0. The van der Waals surface area contributed by atoms with Crippen LogP contribution in [0.5, 0.6) is 0 Å². The zero-order valence-electron chi connectivity index (χ0n) is 5.89. The number of carbonyl (C=O) groups is 2. The van der Waals surface area contributed by atoms with Gasteiger partial charge in [0.15, 0.2) is 0 Å². The number of amides is 2. The Balaban J connectivity index is 2.96. The molecule has 12 heavy (non-hydrogen) atoms. The van der Waals surface area contributed by atoms with E-state index in [0.29, 0.717) is 0 Å². The second-order valence-corrected chi connectivity index (χ2v) is 1.96. The molecule has 0 unspecified atom stereocenters. The molecule has 0 atom stereocenters. The molecule has 0 saturated heterocycles. The fourth-order valence-corrected chi connectivity index (χ4v) is 0.748. The molecule has 0 fully saturated rings. The first-order valence-corrected chi connectivity index (χ1v) is 3.02. The number of carboxylic acid groups (broad SMARTS) is 2. The predicted octanol–water partition coefficient (Wildman–Crippen LogP) is 1.18. The monoisotopic (exact) mass is 170 g/mol. The van der Waals surface area contributed by atoms with Crippen LogP contribution in [-0.2, 0) is 0 Å². The number of imide groups is 1. The van der Waals surface area contributed by atoms with Gasteiger partial charge in [0.1, 0.15) is 5.82 Å². The Bertz CT molecular complexity index is 279. The number of H-pyrrole nitrogens is 1. The standard InChI is InChI=1S/C6H6N2O4/c9-5(10)8(6(11)12)4-2-1-3-7-4/h1-3,7H,(H,9,10)(H,11,12). The van der Waals surface area contributed by atoms with E-state index in [4.69, 9.17) is 10.2 Å². The predicted molar refractivity (Wildman–Crippen MR) is 39.3 cm³/mol. The molecule has 64 valence electrons. The van der Waals surface area contributed by atoms with E-state index in [1.807, 2.05) is 0 Å². The van der Waals surface area contributed by atoms with Gasteiger partial charge in [-0.2, -0.15) is 4.90 Å². The summed E-state index contributed by atoms with van der Waals surface area (Å²) in [6.07, 6.45) is -1.64. The van der Waals surface area contributed by atoms with Gasteiger partial charge in [-0.3, -0.25) is 0 Å². The van der Waals surface area contributed by atoms with E-state index in [0.717, 1.165) is 0 Å². The van der Waals surface area contributed by atoms with Crippen LogP contribution < -0.4 is 4.90 Å². The van der Waals surface area contributed by atoms with E-state index in [1.165, 1.54) is 18.3 Å². The third-order valence-electron chi connectivity index (χ3n) is 1.21. The molecule has 1 heterocycles. The molecule has 0 aliphatic carbocycles. The molecular formula is C6H6N2O4. The zero-order valence-corrected chi connectivity index (χ0v) is 5.89.